The minimum Gasteiger partial charge on any atom is -0.352 e. The second-order valence-corrected chi connectivity index (χ2v) is 7.04. The van der Waals surface area contributed by atoms with E-state index < -0.39 is 27.5 Å². The number of hydrogen-bond acceptors (Lipinski definition) is 4. The number of carbonyl (C=O) groups is 1. The highest BCUT2D eigenvalue weighted by atomic mass is 32.2. The fourth-order valence-electron chi connectivity index (χ4n) is 2.18. The van der Waals surface area contributed by atoms with Crippen molar-refractivity contribution >= 4 is 15.7 Å². The highest BCUT2D eigenvalue weighted by Gasteiger charge is 2.21. The van der Waals surface area contributed by atoms with Gasteiger partial charge in [-0.1, -0.05) is 19.3 Å². The Kier molecular flexibility index (Phi) is 5.39. The summed E-state index contributed by atoms with van der Waals surface area (Å²) in [4.78, 5) is 11.6. The summed E-state index contributed by atoms with van der Waals surface area (Å²) in [5.74, 6) is -0.964. The molecule has 0 radical (unpaired) electrons. The first-order valence-corrected chi connectivity index (χ1v) is 7.96. The fraction of sp³-hybridized carbons (Fsp3) is 0.909. The Labute approximate surface area is 103 Å². The molecule has 1 saturated carbocycles. The average Bonchev–Trinajstić information content (AvgIpc) is 2.15. The van der Waals surface area contributed by atoms with Gasteiger partial charge in [0.1, 0.15) is 5.75 Å². The fourth-order valence-corrected chi connectivity index (χ4v) is 3.58. The normalized spacial score (nSPS) is 19.9. The van der Waals surface area contributed by atoms with E-state index in [1.54, 1.807) is 6.92 Å². The number of amides is 1. The first kappa shape index (κ1) is 14.4. The quantitative estimate of drug-likeness (QED) is 0.740. The molecule has 1 fully saturated rings. The minimum absolute atomic E-state index is 0.134. The van der Waals surface area contributed by atoms with Crippen molar-refractivity contribution in [1.82, 2.24) is 5.32 Å². The summed E-state index contributed by atoms with van der Waals surface area (Å²) in [5.41, 5.74) is 5.43. The molecular weight excluding hydrogens is 240 g/mol. The van der Waals surface area contributed by atoms with E-state index in [2.05, 4.69) is 5.32 Å². The lowest BCUT2D eigenvalue weighted by atomic mass is 9.95. The summed E-state index contributed by atoms with van der Waals surface area (Å²) >= 11 is 0. The molecule has 0 spiro atoms. The van der Waals surface area contributed by atoms with Crippen LogP contribution in [-0.4, -0.2) is 37.9 Å². The summed E-state index contributed by atoms with van der Waals surface area (Å²) in [6.07, 6.45) is 5.34. The van der Waals surface area contributed by atoms with Crippen molar-refractivity contribution in [2.45, 2.75) is 51.1 Å². The highest BCUT2D eigenvalue weighted by molar-refractivity contribution is 7.92. The van der Waals surface area contributed by atoms with Crippen LogP contribution in [0.2, 0.25) is 0 Å². The number of rotatable bonds is 5. The zero-order valence-corrected chi connectivity index (χ0v) is 11.1. The van der Waals surface area contributed by atoms with Crippen molar-refractivity contribution in [1.29, 1.82) is 0 Å². The SMILES string of the molecule is CC(N)CS(=O)(=O)CC(=O)NC1CCCCC1. The molecule has 1 rings (SSSR count). The second-order valence-electron chi connectivity index (χ2n) is 4.93. The molecule has 0 aliphatic heterocycles. The Bertz CT molecular complexity index is 346. The smallest absolute Gasteiger partial charge is 0.235 e. The summed E-state index contributed by atoms with van der Waals surface area (Å²) < 4.78 is 23.1. The van der Waals surface area contributed by atoms with E-state index in [-0.39, 0.29) is 11.8 Å². The first-order valence-electron chi connectivity index (χ1n) is 6.14. The largest absolute Gasteiger partial charge is 0.352 e. The van der Waals surface area contributed by atoms with Crippen molar-refractivity contribution in [2.75, 3.05) is 11.5 Å². The maximum Gasteiger partial charge on any atom is 0.235 e. The van der Waals surface area contributed by atoms with Crippen LogP contribution in [0.3, 0.4) is 0 Å². The van der Waals surface area contributed by atoms with Gasteiger partial charge in [-0.25, -0.2) is 8.42 Å². The lowest BCUT2D eigenvalue weighted by molar-refractivity contribution is -0.119. The number of hydrogen-bond donors (Lipinski definition) is 2. The Hall–Kier alpha value is -0.620. The molecule has 5 nitrogen and oxygen atoms in total. The van der Waals surface area contributed by atoms with Crippen LogP contribution in [0.4, 0.5) is 0 Å². The van der Waals surface area contributed by atoms with Crippen molar-refractivity contribution in [3.63, 3.8) is 0 Å². The molecule has 1 amide bonds. The standard InChI is InChI=1S/C11H22N2O3S/c1-9(12)7-17(15,16)8-11(14)13-10-5-3-2-4-6-10/h9-10H,2-8,12H2,1H3,(H,13,14). The molecule has 100 valence electrons. The molecule has 1 aliphatic rings. The Morgan fingerprint density at radius 3 is 2.47 bits per heavy atom. The molecule has 1 aliphatic carbocycles. The van der Waals surface area contributed by atoms with Crippen LogP contribution in [0.15, 0.2) is 0 Å². The third-order valence-corrected chi connectivity index (χ3v) is 4.57. The molecule has 6 heteroatoms. The molecule has 0 aromatic heterocycles. The van der Waals surface area contributed by atoms with Gasteiger partial charge in [0.2, 0.25) is 5.91 Å². The van der Waals surface area contributed by atoms with Gasteiger partial charge in [-0.15, -0.1) is 0 Å². The maximum atomic E-state index is 11.6. The van der Waals surface area contributed by atoms with Crippen LogP contribution in [0, 0.1) is 0 Å². The van der Waals surface area contributed by atoms with Crippen LogP contribution >= 0.6 is 0 Å². The van der Waals surface area contributed by atoms with Gasteiger partial charge in [-0.2, -0.15) is 0 Å². The monoisotopic (exact) mass is 262 g/mol. The Morgan fingerprint density at radius 2 is 1.94 bits per heavy atom. The lowest BCUT2D eigenvalue weighted by Gasteiger charge is -2.22. The van der Waals surface area contributed by atoms with E-state index in [4.69, 9.17) is 5.73 Å². The van der Waals surface area contributed by atoms with E-state index in [1.807, 2.05) is 0 Å². The Morgan fingerprint density at radius 1 is 1.35 bits per heavy atom. The molecular formula is C11H22N2O3S. The second kappa shape index (κ2) is 6.35. The van der Waals surface area contributed by atoms with Crippen molar-refractivity contribution in [3.05, 3.63) is 0 Å². The maximum absolute atomic E-state index is 11.6. The number of carbonyl (C=O) groups excluding carboxylic acids is 1. The summed E-state index contributed by atoms with van der Waals surface area (Å²) in [6.45, 7) is 1.62. The van der Waals surface area contributed by atoms with Gasteiger partial charge < -0.3 is 11.1 Å². The van der Waals surface area contributed by atoms with Gasteiger partial charge in [0, 0.05) is 12.1 Å². The third-order valence-electron chi connectivity index (χ3n) is 2.84. The molecule has 3 N–H and O–H groups in total. The number of nitrogens with one attached hydrogen (secondary N) is 1. The Balaban J connectivity index is 2.38. The molecule has 1 atom stereocenters. The van der Waals surface area contributed by atoms with Gasteiger partial charge in [-0.05, 0) is 19.8 Å². The van der Waals surface area contributed by atoms with Gasteiger partial charge >= 0.3 is 0 Å². The number of sulfone groups is 1. The average molecular weight is 262 g/mol. The molecule has 0 saturated heterocycles. The summed E-state index contributed by atoms with van der Waals surface area (Å²) in [7, 11) is -3.37. The predicted octanol–water partition coefficient (Wildman–Crippen LogP) is 0.197. The van der Waals surface area contributed by atoms with E-state index >= 15 is 0 Å². The van der Waals surface area contributed by atoms with E-state index in [0.717, 1.165) is 25.7 Å². The molecule has 0 aromatic carbocycles. The summed E-state index contributed by atoms with van der Waals surface area (Å²) in [5, 5.41) is 2.79. The topological polar surface area (TPSA) is 89.3 Å². The molecule has 1 unspecified atom stereocenters. The van der Waals surface area contributed by atoms with Gasteiger partial charge in [0.05, 0.1) is 5.75 Å². The molecule has 0 bridgehead atoms. The molecule has 0 heterocycles. The third kappa shape index (κ3) is 6.02. The van der Waals surface area contributed by atoms with Gasteiger partial charge in [0.15, 0.2) is 9.84 Å². The van der Waals surface area contributed by atoms with Crippen LogP contribution in [0.1, 0.15) is 39.0 Å². The van der Waals surface area contributed by atoms with Gasteiger partial charge in [0.25, 0.3) is 0 Å². The van der Waals surface area contributed by atoms with Crippen LogP contribution in [0.25, 0.3) is 0 Å². The lowest BCUT2D eigenvalue weighted by Crippen LogP contribution is -2.41. The van der Waals surface area contributed by atoms with E-state index in [9.17, 15) is 13.2 Å². The van der Waals surface area contributed by atoms with Gasteiger partial charge in [-0.3, -0.25) is 4.79 Å². The predicted molar refractivity (Wildman–Crippen MR) is 67.3 cm³/mol. The van der Waals surface area contributed by atoms with E-state index in [1.165, 1.54) is 6.42 Å². The van der Waals surface area contributed by atoms with Crippen molar-refractivity contribution in [2.24, 2.45) is 5.73 Å². The zero-order valence-electron chi connectivity index (χ0n) is 10.3. The van der Waals surface area contributed by atoms with Crippen molar-refractivity contribution in [3.8, 4) is 0 Å². The zero-order chi connectivity index (χ0) is 12.9. The van der Waals surface area contributed by atoms with Crippen LogP contribution < -0.4 is 11.1 Å². The minimum atomic E-state index is -3.37. The number of nitrogens with two attached hydrogens (primary N) is 1. The summed E-state index contributed by atoms with van der Waals surface area (Å²) in [6, 6.07) is -0.274. The van der Waals surface area contributed by atoms with Crippen LogP contribution in [0.5, 0.6) is 0 Å². The van der Waals surface area contributed by atoms with Crippen LogP contribution in [-0.2, 0) is 14.6 Å². The highest BCUT2D eigenvalue weighted by Crippen LogP contribution is 2.17. The van der Waals surface area contributed by atoms with E-state index in [0.29, 0.717) is 0 Å². The first-order chi connectivity index (χ1) is 7.89. The van der Waals surface area contributed by atoms with Crippen molar-refractivity contribution < 1.29 is 13.2 Å². The molecule has 17 heavy (non-hydrogen) atoms. The molecule has 0 aromatic rings.